The van der Waals surface area contributed by atoms with Gasteiger partial charge in [-0.15, -0.1) is 11.3 Å². The molecule has 6 nitrogen and oxygen atoms in total. The number of sulfonamides is 1. The van der Waals surface area contributed by atoms with Crippen molar-refractivity contribution in [2.75, 3.05) is 11.9 Å². The highest BCUT2D eigenvalue weighted by molar-refractivity contribution is 7.89. The second-order valence-corrected chi connectivity index (χ2v) is 12.0. The highest BCUT2D eigenvalue weighted by Gasteiger charge is 2.27. The lowest BCUT2D eigenvalue weighted by Crippen LogP contribution is -2.37. The van der Waals surface area contributed by atoms with Crippen LogP contribution in [0, 0.1) is 13.8 Å². The Kier molecular flexibility index (Phi) is 8.12. The molecule has 1 N–H and O–H groups in total. The van der Waals surface area contributed by atoms with Crippen molar-refractivity contribution in [3.05, 3.63) is 98.3 Å². The van der Waals surface area contributed by atoms with Crippen LogP contribution in [-0.4, -0.2) is 30.2 Å². The van der Waals surface area contributed by atoms with Gasteiger partial charge in [-0.05, 0) is 55.8 Å². The van der Waals surface area contributed by atoms with Crippen LogP contribution in [0.5, 0.6) is 0 Å². The second-order valence-electron chi connectivity index (χ2n) is 8.22. The number of aromatic nitrogens is 1. The second kappa shape index (κ2) is 11.1. The molecule has 0 saturated carbocycles. The molecule has 0 aliphatic rings. The van der Waals surface area contributed by atoms with Crippen molar-refractivity contribution in [3.63, 3.8) is 0 Å². The minimum Gasteiger partial charge on any atom is -0.325 e. The third kappa shape index (κ3) is 6.32. The number of thiazole rings is 1. The molecule has 36 heavy (non-hydrogen) atoms. The lowest BCUT2D eigenvalue weighted by Gasteiger charge is -2.22. The first-order valence-electron chi connectivity index (χ1n) is 10.9. The Labute approximate surface area is 224 Å². The summed E-state index contributed by atoms with van der Waals surface area (Å²) in [6.45, 7) is 3.35. The van der Waals surface area contributed by atoms with Crippen LogP contribution in [0.3, 0.4) is 0 Å². The van der Waals surface area contributed by atoms with Crippen molar-refractivity contribution in [2.45, 2.75) is 25.3 Å². The van der Waals surface area contributed by atoms with Crippen LogP contribution >= 0.6 is 34.5 Å². The number of hydrogen-bond acceptors (Lipinski definition) is 5. The number of carbonyl (C=O) groups excluding carboxylic acids is 1. The number of carbonyl (C=O) groups is 1. The van der Waals surface area contributed by atoms with E-state index in [4.69, 9.17) is 23.2 Å². The van der Waals surface area contributed by atoms with Gasteiger partial charge in [0.05, 0.1) is 32.2 Å². The molecule has 3 aromatic carbocycles. The maximum Gasteiger partial charge on any atom is 0.243 e. The fourth-order valence-corrected chi connectivity index (χ4v) is 5.87. The number of nitrogens with zero attached hydrogens (tertiary/aromatic N) is 2. The summed E-state index contributed by atoms with van der Waals surface area (Å²) in [6.07, 6.45) is 0. The average molecular weight is 561 g/mol. The van der Waals surface area contributed by atoms with Crippen molar-refractivity contribution in [3.8, 4) is 11.3 Å². The molecule has 0 radical (unpaired) electrons. The summed E-state index contributed by atoms with van der Waals surface area (Å²) in [4.78, 5) is 17.6. The van der Waals surface area contributed by atoms with Gasteiger partial charge in [0.2, 0.25) is 15.9 Å². The fourth-order valence-electron chi connectivity index (χ4n) is 3.54. The first kappa shape index (κ1) is 26.3. The van der Waals surface area contributed by atoms with E-state index >= 15 is 0 Å². The summed E-state index contributed by atoms with van der Waals surface area (Å²) >= 11 is 13.7. The monoisotopic (exact) mass is 559 g/mol. The quantitative estimate of drug-likeness (QED) is 0.265. The van der Waals surface area contributed by atoms with E-state index in [1.807, 2.05) is 37.4 Å². The van der Waals surface area contributed by atoms with Crippen molar-refractivity contribution in [1.82, 2.24) is 9.29 Å². The number of nitrogens with one attached hydrogen (secondary N) is 1. The molecule has 0 bridgehead atoms. The van der Waals surface area contributed by atoms with E-state index in [-0.39, 0.29) is 11.4 Å². The minimum absolute atomic E-state index is 0.0569. The molecule has 4 rings (SSSR count). The molecule has 1 aromatic heterocycles. The molecule has 1 amide bonds. The highest BCUT2D eigenvalue weighted by Crippen LogP contribution is 2.26. The maximum atomic E-state index is 13.5. The maximum absolute atomic E-state index is 13.5. The molecular weight excluding hydrogens is 537 g/mol. The van der Waals surface area contributed by atoms with Crippen molar-refractivity contribution in [1.29, 1.82) is 0 Å². The van der Waals surface area contributed by atoms with Gasteiger partial charge in [-0.3, -0.25) is 4.79 Å². The van der Waals surface area contributed by atoms with Crippen LogP contribution in [0.1, 0.15) is 16.1 Å². The fraction of sp³-hybridized carbons (Fsp3) is 0.154. The number of aryl methyl sites for hydroxylation is 2. The number of amides is 1. The Morgan fingerprint density at radius 2 is 1.75 bits per heavy atom. The van der Waals surface area contributed by atoms with E-state index in [0.717, 1.165) is 26.1 Å². The van der Waals surface area contributed by atoms with Crippen molar-refractivity contribution in [2.24, 2.45) is 0 Å². The first-order valence-corrected chi connectivity index (χ1v) is 14.0. The number of benzene rings is 3. The van der Waals surface area contributed by atoms with Gasteiger partial charge >= 0.3 is 0 Å². The van der Waals surface area contributed by atoms with Crippen LogP contribution in [0.25, 0.3) is 11.3 Å². The molecule has 0 unspecified atom stereocenters. The summed E-state index contributed by atoms with van der Waals surface area (Å²) in [6, 6.07) is 18.7. The summed E-state index contributed by atoms with van der Waals surface area (Å²) in [7, 11) is -3.99. The lowest BCUT2D eigenvalue weighted by molar-refractivity contribution is -0.116. The summed E-state index contributed by atoms with van der Waals surface area (Å²) in [5.74, 6) is -0.475. The molecule has 0 saturated heterocycles. The number of anilines is 1. The normalized spacial score (nSPS) is 11.6. The largest absolute Gasteiger partial charge is 0.325 e. The molecule has 0 fully saturated rings. The Bertz CT molecular complexity index is 1500. The van der Waals surface area contributed by atoms with Gasteiger partial charge in [0.1, 0.15) is 0 Å². The third-order valence-electron chi connectivity index (χ3n) is 5.38. The number of rotatable bonds is 8. The molecule has 0 atom stereocenters. The minimum atomic E-state index is -3.99. The van der Waals surface area contributed by atoms with Crippen LogP contribution in [-0.2, 0) is 21.4 Å². The Hall–Kier alpha value is -2.75. The molecule has 0 spiro atoms. The molecule has 10 heteroatoms. The SMILES string of the molecule is Cc1ccc(S(=O)(=O)N(CC(=O)Nc2cccc(-c3csc(C)n3)c2)Cc2ccc(Cl)c(Cl)c2)cc1. The number of hydrogen-bond donors (Lipinski definition) is 1. The third-order valence-corrected chi connectivity index (χ3v) is 8.70. The average Bonchev–Trinajstić information content (AvgIpc) is 3.28. The molecule has 186 valence electrons. The van der Waals surface area contributed by atoms with Crippen LogP contribution < -0.4 is 5.32 Å². The Balaban J connectivity index is 1.59. The van der Waals surface area contributed by atoms with Gasteiger partial charge < -0.3 is 5.32 Å². The van der Waals surface area contributed by atoms with Gasteiger partial charge in [-0.2, -0.15) is 4.31 Å². The summed E-state index contributed by atoms with van der Waals surface area (Å²) in [5.41, 5.74) is 3.76. The molecule has 0 aliphatic heterocycles. The number of halogens is 2. The van der Waals surface area contributed by atoms with E-state index in [2.05, 4.69) is 10.3 Å². The highest BCUT2D eigenvalue weighted by atomic mass is 35.5. The van der Waals surface area contributed by atoms with Gasteiger partial charge in [0.15, 0.2) is 0 Å². The van der Waals surface area contributed by atoms with Crippen LogP contribution in [0.4, 0.5) is 5.69 Å². The van der Waals surface area contributed by atoms with E-state index in [9.17, 15) is 13.2 Å². The van der Waals surface area contributed by atoms with E-state index in [1.165, 1.54) is 12.1 Å². The molecule has 0 aliphatic carbocycles. The first-order chi connectivity index (χ1) is 17.1. The topological polar surface area (TPSA) is 79.4 Å². The van der Waals surface area contributed by atoms with Gasteiger partial charge in [0, 0.05) is 23.2 Å². The molecular formula is C26H23Cl2N3O3S2. The smallest absolute Gasteiger partial charge is 0.243 e. The zero-order valence-corrected chi connectivity index (χ0v) is 22.7. The van der Waals surface area contributed by atoms with Gasteiger partial charge in [-0.1, -0.05) is 59.1 Å². The van der Waals surface area contributed by atoms with Crippen molar-refractivity contribution < 1.29 is 13.2 Å². The van der Waals surface area contributed by atoms with E-state index in [1.54, 1.807) is 47.7 Å². The van der Waals surface area contributed by atoms with Gasteiger partial charge in [0.25, 0.3) is 0 Å². The lowest BCUT2D eigenvalue weighted by atomic mass is 10.1. The van der Waals surface area contributed by atoms with Crippen molar-refractivity contribution >= 4 is 56.2 Å². The predicted octanol–water partition coefficient (Wildman–Crippen LogP) is 6.56. The Morgan fingerprint density at radius 1 is 1.00 bits per heavy atom. The van der Waals surface area contributed by atoms with E-state index in [0.29, 0.717) is 21.3 Å². The molecule has 1 heterocycles. The standard InChI is InChI=1S/C26H23Cl2N3O3S2/c1-17-6-9-22(10-7-17)36(33,34)31(14-19-8-11-23(27)24(28)12-19)15-26(32)30-21-5-3-4-20(13-21)25-16-35-18(2)29-25/h3-13,16H,14-15H2,1-2H3,(H,30,32). The zero-order valence-electron chi connectivity index (χ0n) is 19.5. The molecule has 4 aromatic rings. The zero-order chi connectivity index (χ0) is 25.9. The predicted molar refractivity (Wildman–Crippen MR) is 146 cm³/mol. The van der Waals surface area contributed by atoms with Gasteiger partial charge in [-0.25, -0.2) is 13.4 Å². The van der Waals surface area contributed by atoms with E-state index < -0.39 is 22.5 Å². The summed E-state index contributed by atoms with van der Waals surface area (Å²) in [5, 5.41) is 6.37. The summed E-state index contributed by atoms with van der Waals surface area (Å²) < 4.78 is 28.1. The van der Waals surface area contributed by atoms with Crippen LogP contribution in [0.15, 0.2) is 77.0 Å². The Morgan fingerprint density at radius 3 is 2.42 bits per heavy atom. The van der Waals surface area contributed by atoms with Crippen LogP contribution in [0.2, 0.25) is 10.0 Å².